The second-order valence-corrected chi connectivity index (χ2v) is 3.80. The van der Waals surface area contributed by atoms with Gasteiger partial charge in [-0.2, -0.15) is 0 Å². The lowest BCUT2D eigenvalue weighted by atomic mass is 10.1. The van der Waals surface area contributed by atoms with E-state index >= 15 is 0 Å². The van der Waals surface area contributed by atoms with Gasteiger partial charge in [0, 0.05) is 12.4 Å². The second kappa shape index (κ2) is 3.21. The van der Waals surface area contributed by atoms with Gasteiger partial charge in [-0.25, -0.2) is 4.98 Å². The Bertz CT molecular complexity index is 368. The Morgan fingerprint density at radius 2 is 2.23 bits per heavy atom. The third-order valence-electron chi connectivity index (χ3n) is 2.03. The highest BCUT2D eigenvalue weighted by atomic mass is 15.0. The Kier molecular flexibility index (Phi) is 2.05. The largest absolute Gasteiger partial charge is 0.307 e. The van der Waals surface area contributed by atoms with Gasteiger partial charge in [-0.1, -0.05) is 19.9 Å². The average Bonchev–Trinajstić information content (AvgIpc) is 2.44. The molecule has 2 aromatic heterocycles. The molecule has 68 valence electrons. The maximum absolute atomic E-state index is 4.52. The van der Waals surface area contributed by atoms with Crippen LogP contribution >= 0.6 is 0 Å². The maximum atomic E-state index is 4.52. The number of hydrogen-bond donors (Lipinski definition) is 0. The van der Waals surface area contributed by atoms with Gasteiger partial charge in [0.05, 0.1) is 5.69 Å². The van der Waals surface area contributed by atoms with E-state index in [1.807, 2.05) is 24.4 Å². The summed E-state index contributed by atoms with van der Waals surface area (Å²) >= 11 is 0. The molecular formula is C11H14N2. The number of rotatable bonds is 2. The van der Waals surface area contributed by atoms with Crippen LogP contribution in [0.1, 0.15) is 19.5 Å². The molecule has 0 saturated heterocycles. The molecule has 0 spiro atoms. The minimum atomic E-state index is 0.671. The summed E-state index contributed by atoms with van der Waals surface area (Å²) in [5, 5.41) is 0. The van der Waals surface area contributed by atoms with Crippen LogP contribution in [-0.4, -0.2) is 9.38 Å². The highest BCUT2D eigenvalue weighted by Gasteiger charge is 2.02. The fourth-order valence-electron chi connectivity index (χ4n) is 1.50. The fourth-order valence-corrected chi connectivity index (χ4v) is 1.50. The summed E-state index contributed by atoms with van der Waals surface area (Å²) < 4.78 is 2.07. The Hall–Kier alpha value is -1.31. The fraction of sp³-hybridized carbons (Fsp3) is 0.364. The average molecular weight is 174 g/mol. The molecule has 2 aromatic rings. The molecule has 13 heavy (non-hydrogen) atoms. The number of aromatic nitrogens is 2. The van der Waals surface area contributed by atoms with Crippen LogP contribution in [0.2, 0.25) is 0 Å². The normalized spacial score (nSPS) is 11.3. The molecule has 2 nitrogen and oxygen atoms in total. The van der Waals surface area contributed by atoms with E-state index in [9.17, 15) is 0 Å². The van der Waals surface area contributed by atoms with Crippen LogP contribution in [0.5, 0.6) is 0 Å². The lowest BCUT2D eigenvalue weighted by molar-refractivity contribution is 0.638. The van der Waals surface area contributed by atoms with Crippen molar-refractivity contribution in [3.63, 3.8) is 0 Å². The molecule has 0 amide bonds. The first-order valence-corrected chi connectivity index (χ1v) is 4.68. The molecule has 0 fully saturated rings. The topological polar surface area (TPSA) is 17.3 Å². The van der Waals surface area contributed by atoms with E-state index in [4.69, 9.17) is 0 Å². The first kappa shape index (κ1) is 8.30. The van der Waals surface area contributed by atoms with Crippen LogP contribution in [0.3, 0.4) is 0 Å². The second-order valence-electron chi connectivity index (χ2n) is 3.80. The zero-order valence-electron chi connectivity index (χ0n) is 8.07. The van der Waals surface area contributed by atoms with E-state index in [-0.39, 0.29) is 0 Å². The molecule has 2 rings (SSSR count). The quantitative estimate of drug-likeness (QED) is 0.684. The molecule has 0 aliphatic rings. The van der Waals surface area contributed by atoms with Gasteiger partial charge >= 0.3 is 0 Å². The van der Waals surface area contributed by atoms with Crippen LogP contribution in [-0.2, 0) is 6.42 Å². The molecule has 2 heterocycles. The Labute approximate surface area is 78.2 Å². The highest BCUT2D eigenvalue weighted by Crippen LogP contribution is 2.08. The molecule has 0 bridgehead atoms. The standard InChI is InChI=1S/C11H14N2/c1-9(2)7-10-8-13-6-4-3-5-11(13)12-10/h3-6,8-9H,7H2,1-2H3. The van der Waals surface area contributed by atoms with E-state index in [1.165, 1.54) is 5.69 Å². The van der Waals surface area contributed by atoms with E-state index in [0.29, 0.717) is 5.92 Å². The van der Waals surface area contributed by atoms with E-state index in [2.05, 4.69) is 29.4 Å². The molecule has 0 saturated carbocycles. The molecule has 0 atom stereocenters. The van der Waals surface area contributed by atoms with Gasteiger partial charge in [-0.3, -0.25) is 0 Å². The summed E-state index contributed by atoms with van der Waals surface area (Å²) in [6, 6.07) is 6.07. The third kappa shape index (κ3) is 1.72. The Balaban J connectivity index is 2.38. The van der Waals surface area contributed by atoms with Crippen LogP contribution < -0.4 is 0 Å². The zero-order valence-corrected chi connectivity index (χ0v) is 8.07. The summed E-state index contributed by atoms with van der Waals surface area (Å²) in [5.41, 5.74) is 2.22. The van der Waals surface area contributed by atoms with Crippen LogP contribution in [0.4, 0.5) is 0 Å². The molecule has 0 aliphatic carbocycles. The van der Waals surface area contributed by atoms with Gasteiger partial charge < -0.3 is 4.40 Å². The number of nitrogens with zero attached hydrogens (tertiary/aromatic N) is 2. The van der Waals surface area contributed by atoms with Gasteiger partial charge in [-0.05, 0) is 24.5 Å². The first-order chi connectivity index (χ1) is 6.25. The van der Waals surface area contributed by atoms with Crippen LogP contribution in [0.25, 0.3) is 5.65 Å². The molecular weight excluding hydrogens is 160 g/mol. The van der Waals surface area contributed by atoms with Crippen molar-refractivity contribution in [1.82, 2.24) is 9.38 Å². The van der Waals surface area contributed by atoms with E-state index in [0.717, 1.165) is 12.1 Å². The van der Waals surface area contributed by atoms with Crippen molar-refractivity contribution in [2.45, 2.75) is 20.3 Å². The van der Waals surface area contributed by atoms with Gasteiger partial charge in [0.1, 0.15) is 5.65 Å². The van der Waals surface area contributed by atoms with Crippen molar-refractivity contribution in [3.8, 4) is 0 Å². The van der Waals surface area contributed by atoms with Crippen LogP contribution in [0, 0.1) is 5.92 Å². The summed E-state index contributed by atoms with van der Waals surface area (Å²) in [7, 11) is 0. The summed E-state index contributed by atoms with van der Waals surface area (Å²) in [6.07, 6.45) is 5.20. The molecule has 0 aliphatic heterocycles. The van der Waals surface area contributed by atoms with Gasteiger partial charge in [-0.15, -0.1) is 0 Å². The van der Waals surface area contributed by atoms with Crippen molar-refractivity contribution in [1.29, 1.82) is 0 Å². The SMILES string of the molecule is CC(C)Cc1cn2ccccc2n1. The van der Waals surface area contributed by atoms with Gasteiger partial charge in [0.2, 0.25) is 0 Å². The summed E-state index contributed by atoms with van der Waals surface area (Å²) in [4.78, 5) is 4.52. The smallest absolute Gasteiger partial charge is 0.136 e. The number of pyridine rings is 1. The summed E-state index contributed by atoms with van der Waals surface area (Å²) in [6.45, 7) is 4.42. The van der Waals surface area contributed by atoms with Gasteiger partial charge in [0.25, 0.3) is 0 Å². The Morgan fingerprint density at radius 1 is 1.38 bits per heavy atom. The molecule has 0 N–H and O–H groups in total. The van der Waals surface area contributed by atoms with Crippen molar-refractivity contribution in [2.75, 3.05) is 0 Å². The molecule has 0 radical (unpaired) electrons. The van der Waals surface area contributed by atoms with Crippen molar-refractivity contribution >= 4 is 5.65 Å². The number of fused-ring (bicyclic) bond motifs is 1. The van der Waals surface area contributed by atoms with Gasteiger partial charge in [0.15, 0.2) is 0 Å². The van der Waals surface area contributed by atoms with E-state index < -0.39 is 0 Å². The molecule has 0 unspecified atom stereocenters. The highest BCUT2D eigenvalue weighted by molar-refractivity contribution is 5.39. The minimum absolute atomic E-state index is 0.671. The summed E-state index contributed by atoms with van der Waals surface area (Å²) in [5.74, 6) is 0.671. The predicted octanol–water partition coefficient (Wildman–Crippen LogP) is 2.53. The molecule has 0 aromatic carbocycles. The van der Waals surface area contributed by atoms with Crippen molar-refractivity contribution < 1.29 is 0 Å². The lowest BCUT2D eigenvalue weighted by Gasteiger charge is -1.97. The predicted molar refractivity (Wildman–Crippen MR) is 53.7 cm³/mol. The van der Waals surface area contributed by atoms with Crippen LogP contribution in [0.15, 0.2) is 30.6 Å². The number of hydrogen-bond acceptors (Lipinski definition) is 1. The van der Waals surface area contributed by atoms with E-state index in [1.54, 1.807) is 0 Å². The third-order valence-corrected chi connectivity index (χ3v) is 2.03. The minimum Gasteiger partial charge on any atom is -0.307 e. The monoisotopic (exact) mass is 174 g/mol. The maximum Gasteiger partial charge on any atom is 0.136 e. The lowest BCUT2D eigenvalue weighted by Crippen LogP contribution is -1.93. The van der Waals surface area contributed by atoms with Crippen molar-refractivity contribution in [3.05, 3.63) is 36.3 Å². The Morgan fingerprint density at radius 3 is 2.92 bits per heavy atom. The first-order valence-electron chi connectivity index (χ1n) is 4.68. The zero-order chi connectivity index (χ0) is 9.26. The van der Waals surface area contributed by atoms with Crippen molar-refractivity contribution in [2.24, 2.45) is 5.92 Å². The molecule has 2 heteroatoms. The number of imidazole rings is 1.